The van der Waals surface area contributed by atoms with Crippen molar-refractivity contribution < 1.29 is 9.53 Å². The number of benzene rings is 2. The van der Waals surface area contributed by atoms with Crippen LogP contribution in [0.1, 0.15) is 25.8 Å². The Hall–Kier alpha value is -2.53. The lowest BCUT2D eigenvalue weighted by Crippen LogP contribution is -2.27. The predicted molar refractivity (Wildman–Crippen MR) is 108 cm³/mol. The molecule has 0 aliphatic carbocycles. The second kappa shape index (κ2) is 10.5. The number of nitrogen functional groups attached to an aromatic ring is 1. The predicted octanol–water partition coefficient (Wildman–Crippen LogP) is 3.56. The number of carbonyl (C=O) groups is 1. The first-order valence-electron chi connectivity index (χ1n) is 9.20. The van der Waals surface area contributed by atoms with Gasteiger partial charge in [0.05, 0.1) is 0 Å². The molecule has 0 saturated heterocycles. The number of ether oxygens (including phenoxy) is 1. The van der Waals surface area contributed by atoms with Gasteiger partial charge in [-0.3, -0.25) is 4.79 Å². The number of hydrogen-bond donors (Lipinski definition) is 2. The summed E-state index contributed by atoms with van der Waals surface area (Å²) in [4.78, 5) is 14.4. The quantitative estimate of drug-likeness (QED) is 0.640. The molecule has 0 aromatic heterocycles. The topological polar surface area (TPSA) is 67.6 Å². The van der Waals surface area contributed by atoms with Crippen molar-refractivity contribution >= 4 is 17.3 Å². The van der Waals surface area contributed by atoms with E-state index in [-0.39, 0.29) is 5.91 Å². The van der Waals surface area contributed by atoms with Crippen LogP contribution in [-0.2, 0) is 11.2 Å². The molecule has 0 fully saturated rings. The number of amides is 1. The molecule has 0 radical (unpaired) electrons. The van der Waals surface area contributed by atoms with E-state index in [9.17, 15) is 4.79 Å². The van der Waals surface area contributed by atoms with Crippen molar-refractivity contribution in [2.75, 3.05) is 37.3 Å². The minimum atomic E-state index is -0.0246. The molecule has 2 aromatic rings. The second-order valence-electron chi connectivity index (χ2n) is 6.15. The number of carbonyl (C=O) groups excluding carboxylic acids is 1. The molecule has 0 aliphatic heterocycles. The zero-order valence-corrected chi connectivity index (χ0v) is 15.7. The summed E-state index contributed by atoms with van der Waals surface area (Å²) in [6, 6.07) is 15.1. The highest BCUT2D eigenvalue weighted by Crippen LogP contribution is 2.17. The normalized spacial score (nSPS) is 10.7. The maximum Gasteiger partial charge on any atom is 0.224 e. The monoisotopic (exact) mass is 355 g/mol. The van der Waals surface area contributed by atoms with Gasteiger partial charge in [-0.25, -0.2) is 0 Å². The summed E-state index contributed by atoms with van der Waals surface area (Å²) >= 11 is 0. The fraction of sp³-hybridized carbons (Fsp3) is 0.381. The Balaban J connectivity index is 1.75. The van der Waals surface area contributed by atoms with Gasteiger partial charge < -0.3 is 20.7 Å². The van der Waals surface area contributed by atoms with E-state index >= 15 is 0 Å². The molecule has 140 valence electrons. The van der Waals surface area contributed by atoms with Crippen LogP contribution >= 0.6 is 0 Å². The fourth-order valence-electron chi connectivity index (χ4n) is 2.70. The van der Waals surface area contributed by atoms with Gasteiger partial charge in [-0.05, 0) is 55.4 Å². The van der Waals surface area contributed by atoms with Gasteiger partial charge in [-0.15, -0.1) is 0 Å². The molecule has 26 heavy (non-hydrogen) atoms. The molecule has 0 saturated carbocycles. The van der Waals surface area contributed by atoms with Gasteiger partial charge in [0.25, 0.3) is 0 Å². The van der Waals surface area contributed by atoms with Crippen molar-refractivity contribution in [1.82, 2.24) is 4.90 Å². The number of likely N-dealkylation sites (N-methyl/N-ethyl adjacent to an activating group) is 1. The van der Waals surface area contributed by atoms with Crippen molar-refractivity contribution in [3.63, 3.8) is 0 Å². The standard InChI is InChI=1S/C21H29N3O2/c1-3-24(4-2)15-16-26-19-12-10-18(11-13-19)23-21(25)14-9-17-7-5-6-8-20(17)22/h5-8,10-13H,3-4,9,14-16,22H2,1-2H3,(H,23,25). The molecule has 3 N–H and O–H groups in total. The molecule has 0 unspecified atom stereocenters. The minimum absolute atomic E-state index is 0.0246. The third-order valence-electron chi connectivity index (χ3n) is 4.39. The van der Waals surface area contributed by atoms with E-state index in [1.54, 1.807) is 0 Å². The summed E-state index contributed by atoms with van der Waals surface area (Å²) in [5.74, 6) is 0.788. The van der Waals surface area contributed by atoms with E-state index in [1.165, 1.54) is 0 Å². The molecule has 0 aliphatic rings. The SMILES string of the molecule is CCN(CC)CCOc1ccc(NC(=O)CCc2ccccc2N)cc1. The van der Waals surface area contributed by atoms with Crippen molar-refractivity contribution in [2.24, 2.45) is 0 Å². The van der Waals surface area contributed by atoms with Crippen LogP contribution in [0.5, 0.6) is 5.75 Å². The third kappa shape index (κ3) is 6.41. The van der Waals surface area contributed by atoms with E-state index in [0.717, 1.165) is 42.3 Å². The van der Waals surface area contributed by atoms with Gasteiger partial charge in [0.15, 0.2) is 0 Å². The Bertz CT molecular complexity index is 682. The van der Waals surface area contributed by atoms with Crippen LogP contribution in [0.3, 0.4) is 0 Å². The zero-order chi connectivity index (χ0) is 18.8. The van der Waals surface area contributed by atoms with Crippen molar-refractivity contribution in [1.29, 1.82) is 0 Å². The van der Waals surface area contributed by atoms with E-state index in [4.69, 9.17) is 10.5 Å². The first-order chi connectivity index (χ1) is 12.6. The second-order valence-corrected chi connectivity index (χ2v) is 6.15. The van der Waals surface area contributed by atoms with E-state index in [2.05, 4.69) is 24.1 Å². The van der Waals surface area contributed by atoms with Gasteiger partial charge in [0.1, 0.15) is 12.4 Å². The third-order valence-corrected chi connectivity index (χ3v) is 4.39. The fourth-order valence-corrected chi connectivity index (χ4v) is 2.70. The average molecular weight is 355 g/mol. The summed E-state index contributed by atoms with van der Waals surface area (Å²) in [5.41, 5.74) is 8.40. The lowest BCUT2D eigenvalue weighted by molar-refractivity contribution is -0.116. The first-order valence-corrected chi connectivity index (χ1v) is 9.20. The van der Waals surface area contributed by atoms with E-state index in [1.807, 2.05) is 48.5 Å². The number of anilines is 2. The Morgan fingerprint density at radius 2 is 1.77 bits per heavy atom. The number of para-hydroxylation sites is 1. The highest BCUT2D eigenvalue weighted by atomic mass is 16.5. The Morgan fingerprint density at radius 1 is 1.08 bits per heavy atom. The van der Waals surface area contributed by atoms with Gasteiger partial charge in [0, 0.05) is 24.3 Å². The molecule has 0 atom stereocenters. The number of nitrogens with two attached hydrogens (primary N) is 1. The molecule has 2 rings (SSSR count). The van der Waals surface area contributed by atoms with Gasteiger partial charge >= 0.3 is 0 Å². The number of nitrogens with one attached hydrogen (secondary N) is 1. The Labute approximate surface area is 156 Å². The molecule has 2 aromatic carbocycles. The average Bonchev–Trinajstić information content (AvgIpc) is 2.66. The van der Waals surface area contributed by atoms with Crippen LogP contribution in [0.2, 0.25) is 0 Å². The lowest BCUT2D eigenvalue weighted by Gasteiger charge is -2.18. The lowest BCUT2D eigenvalue weighted by atomic mass is 10.1. The van der Waals surface area contributed by atoms with Crippen molar-refractivity contribution in [2.45, 2.75) is 26.7 Å². The molecule has 5 heteroatoms. The molecular formula is C21H29N3O2. The number of hydrogen-bond acceptors (Lipinski definition) is 4. The molecule has 1 amide bonds. The number of aryl methyl sites for hydroxylation is 1. The minimum Gasteiger partial charge on any atom is -0.492 e. The summed E-state index contributed by atoms with van der Waals surface area (Å²) in [7, 11) is 0. The molecular weight excluding hydrogens is 326 g/mol. The highest BCUT2D eigenvalue weighted by Gasteiger charge is 2.06. The maximum absolute atomic E-state index is 12.1. The molecule has 0 spiro atoms. The Kier molecular flexibility index (Phi) is 7.96. The van der Waals surface area contributed by atoms with Gasteiger partial charge in [-0.1, -0.05) is 32.0 Å². The van der Waals surface area contributed by atoms with Crippen molar-refractivity contribution in [3.8, 4) is 5.75 Å². The summed E-state index contributed by atoms with van der Waals surface area (Å²) < 4.78 is 5.75. The zero-order valence-electron chi connectivity index (χ0n) is 15.7. The van der Waals surface area contributed by atoms with Crippen LogP contribution in [0.4, 0.5) is 11.4 Å². The molecule has 0 heterocycles. The summed E-state index contributed by atoms with van der Waals surface area (Å²) in [6.07, 6.45) is 1.03. The highest BCUT2D eigenvalue weighted by molar-refractivity contribution is 5.90. The van der Waals surface area contributed by atoms with Gasteiger partial charge in [0.2, 0.25) is 5.91 Å². The summed E-state index contributed by atoms with van der Waals surface area (Å²) in [6.45, 7) is 7.92. The van der Waals surface area contributed by atoms with Crippen LogP contribution < -0.4 is 15.8 Å². The van der Waals surface area contributed by atoms with Crippen molar-refractivity contribution in [3.05, 3.63) is 54.1 Å². The van der Waals surface area contributed by atoms with Crippen LogP contribution in [0.15, 0.2) is 48.5 Å². The van der Waals surface area contributed by atoms with E-state index < -0.39 is 0 Å². The maximum atomic E-state index is 12.1. The smallest absolute Gasteiger partial charge is 0.224 e. The Morgan fingerprint density at radius 3 is 2.42 bits per heavy atom. The number of rotatable bonds is 10. The first kappa shape index (κ1) is 19.8. The molecule has 0 bridgehead atoms. The van der Waals surface area contributed by atoms with Gasteiger partial charge in [-0.2, -0.15) is 0 Å². The summed E-state index contributed by atoms with van der Waals surface area (Å²) in [5, 5.41) is 2.91. The van der Waals surface area contributed by atoms with Crippen LogP contribution in [0, 0.1) is 0 Å². The van der Waals surface area contributed by atoms with Crippen LogP contribution in [-0.4, -0.2) is 37.0 Å². The van der Waals surface area contributed by atoms with Crippen LogP contribution in [0.25, 0.3) is 0 Å². The number of nitrogens with zero attached hydrogens (tertiary/aromatic N) is 1. The molecule has 5 nitrogen and oxygen atoms in total. The largest absolute Gasteiger partial charge is 0.492 e. The van der Waals surface area contributed by atoms with E-state index in [0.29, 0.717) is 19.4 Å².